The number of rotatable bonds is 6. The first-order chi connectivity index (χ1) is 10.2. The van der Waals surface area contributed by atoms with Crippen molar-refractivity contribution in [1.82, 2.24) is 10.3 Å². The molecule has 0 aliphatic heterocycles. The maximum atomic E-state index is 12.2. The van der Waals surface area contributed by atoms with Gasteiger partial charge in [-0.2, -0.15) is 11.8 Å². The molecule has 6 heteroatoms. The number of thioether (sulfide) groups is 1. The van der Waals surface area contributed by atoms with Crippen molar-refractivity contribution < 1.29 is 9.21 Å². The summed E-state index contributed by atoms with van der Waals surface area (Å²) in [6.07, 6.45) is 11.3. The third-order valence-corrected chi connectivity index (χ3v) is 4.54. The summed E-state index contributed by atoms with van der Waals surface area (Å²) in [6, 6.07) is 0.0298. The fraction of sp³-hybridized carbons (Fsp3) is 0.733. The van der Waals surface area contributed by atoms with Crippen molar-refractivity contribution in [2.45, 2.75) is 57.0 Å². The van der Waals surface area contributed by atoms with Crippen molar-refractivity contribution in [3.8, 4) is 0 Å². The Kier molecular flexibility index (Phi) is 6.57. The van der Waals surface area contributed by atoms with Crippen LogP contribution < -0.4 is 11.1 Å². The van der Waals surface area contributed by atoms with Crippen LogP contribution in [0.4, 0.5) is 0 Å². The summed E-state index contributed by atoms with van der Waals surface area (Å²) < 4.78 is 5.35. The van der Waals surface area contributed by atoms with Crippen LogP contribution in [-0.2, 0) is 0 Å². The minimum atomic E-state index is -0.239. The van der Waals surface area contributed by atoms with E-state index < -0.39 is 0 Å². The molecule has 5 nitrogen and oxygen atoms in total. The van der Waals surface area contributed by atoms with Crippen molar-refractivity contribution in [2.75, 3.05) is 12.0 Å². The van der Waals surface area contributed by atoms with E-state index in [1.54, 1.807) is 11.8 Å². The lowest BCUT2D eigenvalue weighted by atomic mass is 10.1. The number of hydrogen-bond donors (Lipinski definition) is 2. The first kappa shape index (κ1) is 16.4. The SMILES string of the molecule is CSCCC(N)c1nc(C(=O)NC2CCCCCC2)co1. The van der Waals surface area contributed by atoms with Gasteiger partial charge in [0.25, 0.3) is 5.91 Å². The number of nitrogens with two attached hydrogens (primary N) is 1. The summed E-state index contributed by atoms with van der Waals surface area (Å²) in [5, 5.41) is 3.06. The first-order valence-corrected chi connectivity index (χ1v) is 9.11. The molecule has 1 aromatic heterocycles. The number of oxazole rings is 1. The molecule has 3 N–H and O–H groups in total. The van der Waals surface area contributed by atoms with Crippen LogP contribution >= 0.6 is 11.8 Å². The molecule has 118 valence electrons. The summed E-state index contributed by atoms with van der Waals surface area (Å²) in [5.41, 5.74) is 6.34. The normalized spacial score (nSPS) is 18.2. The smallest absolute Gasteiger partial charge is 0.273 e. The quantitative estimate of drug-likeness (QED) is 0.790. The lowest BCUT2D eigenvalue weighted by molar-refractivity contribution is 0.0928. The van der Waals surface area contributed by atoms with Crippen molar-refractivity contribution in [3.05, 3.63) is 17.8 Å². The van der Waals surface area contributed by atoms with Gasteiger partial charge in [0.05, 0.1) is 6.04 Å². The van der Waals surface area contributed by atoms with Crippen molar-refractivity contribution >= 4 is 17.7 Å². The van der Waals surface area contributed by atoms with Gasteiger partial charge in [-0.1, -0.05) is 25.7 Å². The highest BCUT2D eigenvalue weighted by atomic mass is 32.2. The number of carbonyl (C=O) groups is 1. The van der Waals surface area contributed by atoms with Crippen LogP contribution in [0.2, 0.25) is 0 Å². The van der Waals surface area contributed by atoms with Crippen LogP contribution in [0, 0.1) is 0 Å². The second-order valence-corrected chi connectivity index (χ2v) is 6.61. The molecule has 1 saturated carbocycles. The van der Waals surface area contributed by atoms with Crippen LogP contribution in [0.5, 0.6) is 0 Å². The first-order valence-electron chi connectivity index (χ1n) is 7.71. The highest BCUT2D eigenvalue weighted by molar-refractivity contribution is 7.98. The van der Waals surface area contributed by atoms with E-state index in [-0.39, 0.29) is 18.0 Å². The van der Waals surface area contributed by atoms with Gasteiger partial charge in [-0.05, 0) is 31.3 Å². The van der Waals surface area contributed by atoms with Gasteiger partial charge in [0.15, 0.2) is 5.69 Å². The third-order valence-electron chi connectivity index (χ3n) is 3.90. The molecule has 0 spiro atoms. The molecule has 0 aromatic carbocycles. The second kappa shape index (κ2) is 8.44. The molecule has 1 heterocycles. The molecule has 21 heavy (non-hydrogen) atoms. The fourth-order valence-electron chi connectivity index (χ4n) is 2.61. The molecule has 1 amide bonds. The maximum Gasteiger partial charge on any atom is 0.273 e. The maximum absolute atomic E-state index is 12.2. The lowest BCUT2D eigenvalue weighted by Crippen LogP contribution is -2.34. The standard InChI is InChI=1S/C15H25N3O2S/c1-21-9-8-12(16)15-18-13(10-20-15)14(19)17-11-6-4-2-3-5-7-11/h10-12H,2-9,16H2,1H3,(H,17,19). The fourth-order valence-corrected chi connectivity index (χ4v) is 3.10. The van der Waals surface area contributed by atoms with Crippen molar-refractivity contribution in [3.63, 3.8) is 0 Å². The molecular formula is C15H25N3O2S. The molecule has 1 aromatic rings. The number of nitrogens with one attached hydrogen (secondary N) is 1. The molecule has 1 unspecified atom stereocenters. The van der Waals surface area contributed by atoms with E-state index in [0.717, 1.165) is 25.0 Å². The van der Waals surface area contributed by atoms with Crippen molar-refractivity contribution in [1.29, 1.82) is 0 Å². The van der Waals surface area contributed by atoms with Crippen LogP contribution in [0.3, 0.4) is 0 Å². The molecular weight excluding hydrogens is 286 g/mol. The molecule has 1 aliphatic carbocycles. The monoisotopic (exact) mass is 311 g/mol. The van der Waals surface area contributed by atoms with Gasteiger partial charge in [0, 0.05) is 6.04 Å². The van der Waals surface area contributed by atoms with E-state index in [9.17, 15) is 4.79 Å². The van der Waals surface area contributed by atoms with Gasteiger partial charge in [-0.3, -0.25) is 4.79 Å². The number of amides is 1. The van der Waals surface area contributed by atoms with Gasteiger partial charge < -0.3 is 15.5 Å². The zero-order valence-corrected chi connectivity index (χ0v) is 13.5. The van der Waals surface area contributed by atoms with E-state index in [4.69, 9.17) is 10.2 Å². The van der Waals surface area contributed by atoms with Gasteiger partial charge in [-0.15, -0.1) is 0 Å². The van der Waals surface area contributed by atoms with E-state index in [1.165, 1.54) is 31.9 Å². The predicted molar refractivity (Wildman–Crippen MR) is 85.4 cm³/mol. The topological polar surface area (TPSA) is 81.1 Å². The summed E-state index contributed by atoms with van der Waals surface area (Å²) in [5.74, 6) is 1.26. The van der Waals surface area contributed by atoms with Crippen LogP contribution in [0.25, 0.3) is 0 Å². The Bertz CT molecular complexity index is 442. The van der Waals surface area contributed by atoms with Gasteiger partial charge >= 0.3 is 0 Å². The minimum absolute atomic E-state index is 0.144. The predicted octanol–water partition coefficient (Wildman–Crippen LogP) is 2.88. The third kappa shape index (κ3) is 5.04. The molecule has 1 aliphatic rings. The van der Waals surface area contributed by atoms with Crippen LogP contribution in [0.1, 0.15) is 67.4 Å². The Morgan fingerprint density at radius 1 is 1.48 bits per heavy atom. The zero-order valence-electron chi connectivity index (χ0n) is 12.6. The van der Waals surface area contributed by atoms with E-state index >= 15 is 0 Å². The Morgan fingerprint density at radius 3 is 2.86 bits per heavy atom. The molecule has 0 saturated heterocycles. The largest absolute Gasteiger partial charge is 0.446 e. The highest BCUT2D eigenvalue weighted by Crippen LogP contribution is 2.19. The van der Waals surface area contributed by atoms with Gasteiger partial charge in [0.2, 0.25) is 5.89 Å². The Labute approximate surface area is 130 Å². The van der Waals surface area contributed by atoms with Crippen LogP contribution in [-0.4, -0.2) is 28.9 Å². The Balaban J connectivity index is 1.88. The number of aromatic nitrogens is 1. The Morgan fingerprint density at radius 2 is 2.19 bits per heavy atom. The van der Waals surface area contributed by atoms with E-state index in [2.05, 4.69) is 10.3 Å². The summed E-state index contributed by atoms with van der Waals surface area (Å²) in [7, 11) is 0. The minimum Gasteiger partial charge on any atom is -0.446 e. The van der Waals surface area contributed by atoms with Crippen molar-refractivity contribution in [2.24, 2.45) is 5.73 Å². The van der Waals surface area contributed by atoms with E-state index in [0.29, 0.717) is 11.6 Å². The summed E-state index contributed by atoms with van der Waals surface area (Å²) in [4.78, 5) is 16.4. The highest BCUT2D eigenvalue weighted by Gasteiger charge is 2.20. The zero-order chi connectivity index (χ0) is 15.1. The number of carbonyl (C=O) groups excluding carboxylic acids is 1. The van der Waals surface area contributed by atoms with Gasteiger partial charge in [0.1, 0.15) is 6.26 Å². The average molecular weight is 311 g/mol. The second-order valence-electron chi connectivity index (χ2n) is 5.62. The molecule has 2 rings (SSSR count). The lowest BCUT2D eigenvalue weighted by Gasteiger charge is -2.14. The van der Waals surface area contributed by atoms with Gasteiger partial charge in [-0.25, -0.2) is 4.98 Å². The number of nitrogens with zero attached hydrogens (tertiary/aromatic N) is 1. The molecule has 0 bridgehead atoms. The Hall–Kier alpha value is -1.01. The van der Waals surface area contributed by atoms with Crippen LogP contribution in [0.15, 0.2) is 10.7 Å². The number of hydrogen-bond acceptors (Lipinski definition) is 5. The molecule has 1 fully saturated rings. The molecule has 0 radical (unpaired) electrons. The molecule has 1 atom stereocenters. The summed E-state index contributed by atoms with van der Waals surface area (Å²) >= 11 is 1.73. The summed E-state index contributed by atoms with van der Waals surface area (Å²) in [6.45, 7) is 0. The van der Waals surface area contributed by atoms with E-state index in [1.807, 2.05) is 6.26 Å². The average Bonchev–Trinajstić information content (AvgIpc) is 2.85.